The van der Waals surface area contributed by atoms with Crippen LogP contribution in [-0.2, 0) is 13.0 Å². The fraction of sp³-hybridized carbons (Fsp3) is 0.182. The van der Waals surface area contributed by atoms with E-state index >= 15 is 0 Å². The Labute approximate surface area is 163 Å². The van der Waals surface area contributed by atoms with Crippen molar-refractivity contribution in [2.75, 3.05) is 16.8 Å². The van der Waals surface area contributed by atoms with Crippen LogP contribution in [0.2, 0.25) is 5.02 Å². The van der Waals surface area contributed by atoms with Crippen LogP contribution in [0, 0.1) is 6.92 Å². The molecule has 1 amide bonds. The lowest BCUT2D eigenvalue weighted by Crippen LogP contribution is -2.30. The first kappa shape index (κ1) is 17.6. The third-order valence-electron chi connectivity index (χ3n) is 4.91. The molecule has 4 rings (SSSR count). The number of fused-ring (bicyclic) bond motifs is 1. The van der Waals surface area contributed by atoms with E-state index in [-0.39, 0.29) is 5.91 Å². The van der Waals surface area contributed by atoms with E-state index in [0.717, 1.165) is 30.8 Å². The topological polar surface area (TPSA) is 45.2 Å². The van der Waals surface area contributed by atoms with Crippen molar-refractivity contribution in [1.82, 2.24) is 4.98 Å². The zero-order valence-electron chi connectivity index (χ0n) is 15.1. The van der Waals surface area contributed by atoms with Gasteiger partial charge in [0.2, 0.25) is 0 Å². The third-order valence-corrected chi connectivity index (χ3v) is 5.31. The number of nitrogens with zero attached hydrogens (tertiary/aromatic N) is 2. The number of aryl methyl sites for hydroxylation is 1. The first-order valence-corrected chi connectivity index (χ1v) is 9.33. The first-order valence-electron chi connectivity index (χ1n) is 8.95. The van der Waals surface area contributed by atoms with Gasteiger partial charge in [-0.05, 0) is 54.3 Å². The van der Waals surface area contributed by atoms with Crippen molar-refractivity contribution in [1.29, 1.82) is 0 Å². The number of hydrogen-bond donors (Lipinski definition) is 1. The molecule has 0 atom stereocenters. The largest absolute Gasteiger partial charge is 0.366 e. The van der Waals surface area contributed by atoms with Gasteiger partial charge < -0.3 is 10.2 Å². The maximum atomic E-state index is 12.4. The average molecular weight is 378 g/mol. The van der Waals surface area contributed by atoms with Gasteiger partial charge in [0.05, 0.1) is 11.9 Å². The molecule has 3 aromatic rings. The van der Waals surface area contributed by atoms with E-state index in [9.17, 15) is 4.79 Å². The second kappa shape index (κ2) is 7.41. The number of anilines is 2. The van der Waals surface area contributed by atoms with Gasteiger partial charge in [0.1, 0.15) is 5.69 Å². The summed E-state index contributed by atoms with van der Waals surface area (Å²) in [6.07, 6.45) is 2.79. The van der Waals surface area contributed by atoms with Crippen LogP contribution in [0.5, 0.6) is 0 Å². The van der Waals surface area contributed by atoms with Crippen molar-refractivity contribution >= 4 is 28.9 Å². The molecular formula is C22H20ClN3O. The molecule has 0 spiro atoms. The van der Waals surface area contributed by atoms with E-state index in [2.05, 4.69) is 39.5 Å². The minimum atomic E-state index is -0.245. The Morgan fingerprint density at radius 1 is 1.11 bits per heavy atom. The molecule has 0 aliphatic carbocycles. The van der Waals surface area contributed by atoms with Crippen molar-refractivity contribution < 1.29 is 4.79 Å². The summed E-state index contributed by atoms with van der Waals surface area (Å²) in [6.45, 7) is 3.74. The molecular weight excluding hydrogens is 358 g/mol. The van der Waals surface area contributed by atoms with Gasteiger partial charge in [0.25, 0.3) is 5.91 Å². The Bertz CT molecular complexity index is 985. The van der Waals surface area contributed by atoms with Crippen LogP contribution in [0.1, 0.15) is 27.2 Å². The summed E-state index contributed by atoms with van der Waals surface area (Å²) in [5.41, 5.74) is 5.80. The molecule has 2 aromatic carbocycles. The Kier molecular flexibility index (Phi) is 4.82. The molecule has 2 heterocycles. The molecule has 136 valence electrons. The summed E-state index contributed by atoms with van der Waals surface area (Å²) >= 11 is 6.11. The number of carbonyl (C=O) groups excluding carboxylic acids is 1. The number of carbonyl (C=O) groups is 1. The smallest absolute Gasteiger partial charge is 0.274 e. The first-order chi connectivity index (χ1) is 13.1. The standard InChI is InChI=1S/C22H20ClN3O/c1-15-6-7-18(12-20(15)23)25-22(27)21-9-8-19(13-24-21)26-11-10-16-4-2-3-5-17(16)14-26/h2-9,12-13H,10-11,14H2,1H3,(H,25,27). The SMILES string of the molecule is Cc1ccc(NC(=O)c2ccc(N3CCc4ccccc4C3)cn2)cc1Cl. The van der Waals surface area contributed by atoms with Crippen LogP contribution in [0.3, 0.4) is 0 Å². The predicted molar refractivity (Wildman–Crippen MR) is 110 cm³/mol. The Hall–Kier alpha value is -2.85. The maximum Gasteiger partial charge on any atom is 0.274 e. The second-order valence-corrected chi connectivity index (χ2v) is 7.17. The summed E-state index contributed by atoms with van der Waals surface area (Å²) in [5.74, 6) is -0.245. The molecule has 0 bridgehead atoms. The Morgan fingerprint density at radius 3 is 2.67 bits per heavy atom. The van der Waals surface area contributed by atoms with Crippen LogP contribution in [0.15, 0.2) is 60.8 Å². The summed E-state index contributed by atoms with van der Waals surface area (Å²) in [5, 5.41) is 3.47. The number of pyridine rings is 1. The average Bonchev–Trinajstić information content (AvgIpc) is 2.70. The van der Waals surface area contributed by atoms with Gasteiger partial charge in [-0.25, -0.2) is 4.98 Å². The number of aromatic nitrogens is 1. The summed E-state index contributed by atoms with van der Waals surface area (Å²) in [4.78, 5) is 19.1. The van der Waals surface area contributed by atoms with E-state index in [4.69, 9.17) is 11.6 Å². The quantitative estimate of drug-likeness (QED) is 0.709. The number of nitrogens with one attached hydrogen (secondary N) is 1. The molecule has 1 N–H and O–H groups in total. The zero-order chi connectivity index (χ0) is 18.8. The van der Waals surface area contributed by atoms with Gasteiger partial charge >= 0.3 is 0 Å². The van der Waals surface area contributed by atoms with Gasteiger partial charge in [0.15, 0.2) is 0 Å². The molecule has 27 heavy (non-hydrogen) atoms. The zero-order valence-corrected chi connectivity index (χ0v) is 15.8. The molecule has 0 unspecified atom stereocenters. The molecule has 0 saturated heterocycles. The van der Waals surface area contributed by atoms with E-state index in [1.54, 1.807) is 18.3 Å². The fourth-order valence-corrected chi connectivity index (χ4v) is 3.47. The van der Waals surface area contributed by atoms with Crippen LogP contribution in [-0.4, -0.2) is 17.4 Å². The Balaban J connectivity index is 1.46. The minimum Gasteiger partial charge on any atom is -0.366 e. The second-order valence-electron chi connectivity index (χ2n) is 6.76. The summed E-state index contributed by atoms with van der Waals surface area (Å²) < 4.78 is 0. The van der Waals surface area contributed by atoms with Crippen molar-refractivity contribution in [3.05, 3.63) is 88.2 Å². The normalized spacial score (nSPS) is 13.2. The van der Waals surface area contributed by atoms with Crippen molar-refractivity contribution in [3.63, 3.8) is 0 Å². The van der Waals surface area contributed by atoms with Gasteiger partial charge in [-0.1, -0.05) is 41.9 Å². The molecule has 1 aromatic heterocycles. The van der Waals surface area contributed by atoms with E-state index in [1.165, 1.54) is 11.1 Å². The fourth-order valence-electron chi connectivity index (χ4n) is 3.29. The highest BCUT2D eigenvalue weighted by Gasteiger charge is 2.17. The third kappa shape index (κ3) is 3.81. The van der Waals surface area contributed by atoms with Gasteiger partial charge in [-0.15, -0.1) is 0 Å². The van der Waals surface area contributed by atoms with Crippen LogP contribution >= 0.6 is 11.6 Å². The van der Waals surface area contributed by atoms with Crippen LogP contribution in [0.25, 0.3) is 0 Å². The van der Waals surface area contributed by atoms with E-state index in [0.29, 0.717) is 16.4 Å². The van der Waals surface area contributed by atoms with Crippen LogP contribution in [0.4, 0.5) is 11.4 Å². The minimum absolute atomic E-state index is 0.245. The summed E-state index contributed by atoms with van der Waals surface area (Å²) in [6, 6.07) is 17.7. The van der Waals surface area contributed by atoms with E-state index < -0.39 is 0 Å². The highest BCUT2D eigenvalue weighted by Crippen LogP contribution is 2.24. The molecule has 1 aliphatic rings. The van der Waals surface area contributed by atoms with Crippen molar-refractivity contribution in [2.45, 2.75) is 19.9 Å². The molecule has 4 nitrogen and oxygen atoms in total. The van der Waals surface area contributed by atoms with Gasteiger partial charge in [-0.2, -0.15) is 0 Å². The number of rotatable bonds is 3. The maximum absolute atomic E-state index is 12.4. The van der Waals surface area contributed by atoms with Crippen molar-refractivity contribution in [2.24, 2.45) is 0 Å². The number of benzene rings is 2. The van der Waals surface area contributed by atoms with E-state index in [1.807, 2.05) is 25.1 Å². The van der Waals surface area contributed by atoms with Gasteiger partial charge in [-0.3, -0.25) is 4.79 Å². The molecule has 0 fully saturated rings. The Morgan fingerprint density at radius 2 is 1.93 bits per heavy atom. The monoisotopic (exact) mass is 377 g/mol. The van der Waals surface area contributed by atoms with Crippen molar-refractivity contribution in [3.8, 4) is 0 Å². The molecule has 0 saturated carbocycles. The number of halogens is 1. The highest BCUT2D eigenvalue weighted by atomic mass is 35.5. The number of hydrogen-bond acceptors (Lipinski definition) is 3. The molecule has 0 radical (unpaired) electrons. The lowest BCUT2D eigenvalue weighted by atomic mass is 10.00. The molecule has 1 aliphatic heterocycles. The molecule has 5 heteroatoms. The van der Waals surface area contributed by atoms with Crippen LogP contribution < -0.4 is 10.2 Å². The van der Waals surface area contributed by atoms with Gasteiger partial charge in [0, 0.05) is 23.8 Å². The lowest BCUT2D eigenvalue weighted by Gasteiger charge is -2.30. The predicted octanol–water partition coefficient (Wildman–Crippen LogP) is 4.86. The summed E-state index contributed by atoms with van der Waals surface area (Å²) in [7, 11) is 0. The lowest BCUT2D eigenvalue weighted by molar-refractivity contribution is 0.102. The number of amides is 1. The highest BCUT2D eigenvalue weighted by molar-refractivity contribution is 6.31.